The van der Waals surface area contributed by atoms with Crippen LogP contribution in [0.4, 0.5) is 0 Å². The molecule has 1 heteroatoms. The quantitative estimate of drug-likeness (QED) is 0.648. The van der Waals surface area contributed by atoms with Gasteiger partial charge in [-0.1, -0.05) is 32.9 Å². The highest BCUT2D eigenvalue weighted by molar-refractivity contribution is 5.24. The molecular formula is C12H20O. The number of aliphatic hydroxyl groups excluding tert-OH is 1. The first kappa shape index (κ1) is 9.26. The van der Waals surface area contributed by atoms with Crippen LogP contribution in [0.5, 0.6) is 0 Å². The van der Waals surface area contributed by atoms with Gasteiger partial charge in [0.15, 0.2) is 0 Å². The highest BCUT2D eigenvalue weighted by Gasteiger charge is 2.57. The molecule has 2 rings (SSSR count). The zero-order chi connectivity index (χ0) is 9.69. The van der Waals surface area contributed by atoms with E-state index >= 15 is 0 Å². The maximum absolute atomic E-state index is 9.31. The average molecular weight is 180 g/mol. The topological polar surface area (TPSA) is 20.2 Å². The van der Waals surface area contributed by atoms with Crippen molar-refractivity contribution in [1.82, 2.24) is 0 Å². The zero-order valence-corrected chi connectivity index (χ0v) is 8.88. The molecule has 0 spiro atoms. The lowest BCUT2D eigenvalue weighted by atomic mass is 9.62. The second-order valence-corrected chi connectivity index (χ2v) is 5.29. The summed E-state index contributed by atoms with van der Waals surface area (Å²) < 4.78 is 0. The lowest BCUT2D eigenvalue weighted by Gasteiger charge is -2.42. The van der Waals surface area contributed by atoms with E-state index in [1.54, 1.807) is 0 Å². The SMILES string of the molecule is CC(CO)C1(C)C2C=CC1(C)CC2. The van der Waals surface area contributed by atoms with Gasteiger partial charge in [0.2, 0.25) is 0 Å². The largest absolute Gasteiger partial charge is 0.396 e. The Balaban J connectivity index is 2.35. The van der Waals surface area contributed by atoms with Crippen LogP contribution in [0.15, 0.2) is 12.2 Å². The summed E-state index contributed by atoms with van der Waals surface area (Å²) in [5, 5.41) is 9.31. The third kappa shape index (κ3) is 0.914. The molecule has 1 fully saturated rings. The molecular weight excluding hydrogens is 160 g/mol. The summed E-state index contributed by atoms with van der Waals surface area (Å²) in [6, 6.07) is 0. The van der Waals surface area contributed by atoms with Gasteiger partial charge in [-0.25, -0.2) is 0 Å². The second-order valence-electron chi connectivity index (χ2n) is 5.29. The number of aliphatic hydroxyl groups is 1. The molecule has 2 bridgehead atoms. The van der Waals surface area contributed by atoms with Crippen LogP contribution in [-0.2, 0) is 0 Å². The highest BCUT2D eigenvalue weighted by Crippen LogP contribution is 2.64. The van der Waals surface area contributed by atoms with Gasteiger partial charge in [-0.2, -0.15) is 0 Å². The van der Waals surface area contributed by atoms with E-state index in [0.29, 0.717) is 29.3 Å². The Morgan fingerprint density at radius 3 is 2.54 bits per heavy atom. The average Bonchev–Trinajstić information content (AvgIpc) is 2.53. The van der Waals surface area contributed by atoms with E-state index in [0.717, 1.165) is 0 Å². The molecule has 1 nitrogen and oxygen atoms in total. The zero-order valence-electron chi connectivity index (χ0n) is 8.88. The van der Waals surface area contributed by atoms with E-state index in [-0.39, 0.29) is 0 Å². The Morgan fingerprint density at radius 2 is 2.23 bits per heavy atom. The van der Waals surface area contributed by atoms with Crippen molar-refractivity contribution in [2.75, 3.05) is 6.61 Å². The summed E-state index contributed by atoms with van der Waals surface area (Å²) in [6.45, 7) is 7.21. The Morgan fingerprint density at radius 1 is 1.54 bits per heavy atom. The predicted molar refractivity (Wildman–Crippen MR) is 54.3 cm³/mol. The summed E-state index contributed by atoms with van der Waals surface area (Å²) in [5.41, 5.74) is 0.654. The Labute approximate surface area is 80.8 Å². The van der Waals surface area contributed by atoms with Crippen LogP contribution in [0.3, 0.4) is 0 Å². The van der Waals surface area contributed by atoms with Crippen molar-refractivity contribution in [3.05, 3.63) is 12.2 Å². The van der Waals surface area contributed by atoms with Crippen molar-refractivity contribution in [3.8, 4) is 0 Å². The summed E-state index contributed by atoms with van der Waals surface area (Å²) in [6.07, 6.45) is 7.37. The highest BCUT2D eigenvalue weighted by atomic mass is 16.3. The molecule has 0 saturated heterocycles. The molecule has 0 amide bonds. The molecule has 13 heavy (non-hydrogen) atoms. The first-order valence-corrected chi connectivity index (χ1v) is 5.35. The molecule has 0 heterocycles. The summed E-state index contributed by atoms with van der Waals surface area (Å²) in [4.78, 5) is 0. The molecule has 4 unspecified atom stereocenters. The van der Waals surface area contributed by atoms with E-state index in [1.165, 1.54) is 12.8 Å². The van der Waals surface area contributed by atoms with Gasteiger partial charge in [-0.05, 0) is 35.5 Å². The second kappa shape index (κ2) is 2.60. The predicted octanol–water partition coefficient (Wildman–Crippen LogP) is 2.61. The third-order valence-corrected chi connectivity index (χ3v) is 4.97. The number of rotatable bonds is 2. The van der Waals surface area contributed by atoms with Gasteiger partial charge in [0, 0.05) is 6.61 Å². The minimum absolute atomic E-state index is 0.307. The summed E-state index contributed by atoms with van der Waals surface area (Å²) in [7, 11) is 0. The monoisotopic (exact) mass is 180 g/mol. The van der Waals surface area contributed by atoms with Gasteiger partial charge >= 0.3 is 0 Å². The van der Waals surface area contributed by atoms with Gasteiger partial charge < -0.3 is 5.11 Å². The first-order chi connectivity index (χ1) is 6.04. The first-order valence-electron chi connectivity index (χ1n) is 5.35. The molecule has 1 N–H and O–H groups in total. The Hall–Kier alpha value is -0.300. The van der Waals surface area contributed by atoms with Crippen LogP contribution in [0.25, 0.3) is 0 Å². The van der Waals surface area contributed by atoms with E-state index in [1.807, 2.05) is 0 Å². The molecule has 0 radical (unpaired) electrons. The van der Waals surface area contributed by atoms with E-state index in [2.05, 4.69) is 32.9 Å². The van der Waals surface area contributed by atoms with Crippen LogP contribution in [0.2, 0.25) is 0 Å². The van der Waals surface area contributed by atoms with Gasteiger partial charge in [0.05, 0.1) is 0 Å². The van der Waals surface area contributed by atoms with Crippen LogP contribution in [0.1, 0.15) is 33.6 Å². The molecule has 0 aromatic carbocycles. The third-order valence-electron chi connectivity index (χ3n) is 4.97. The van der Waals surface area contributed by atoms with E-state index in [9.17, 15) is 5.11 Å². The fourth-order valence-electron chi connectivity index (χ4n) is 3.45. The van der Waals surface area contributed by atoms with Crippen molar-refractivity contribution < 1.29 is 5.11 Å². The maximum atomic E-state index is 9.31. The molecule has 1 saturated carbocycles. The van der Waals surface area contributed by atoms with Crippen molar-refractivity contribution >= 4 is 0 Å². The van der Waals surface area contributed by atoms with Crippen molar-refractivity contribution in [2.24, 2.45) is 22.7 Å². The van der Waals surface area contributed by atoms with Crippen molar-refractivity contribution in [2.45, 2.75) is 33.6 Å². The van der Waals surface area contributed by atoms with E-state index < -0.39 is 0 Å². The normalized spacial score (nSPS) is 50.0. The molecule has 0 aliphatic heterocycles. The lowest BCUT2D eigenvalue weighted by Crippen LogP contribution is -2.39. The Kier molecular flexibility index (Phi) is 1.85. The summed E-state index contributed by atoms with van der Waals surface area (Å²) >= 11 is 0. The van der Waals surface area contributed by atoms with Crippen LogP contribution in [0, 0.1) is 22.7 Å². The maximum Gasteiger partial charge on any atom is 0.0462 e. The number of hydrogen-bond acceptors (Lipinski definition) is 1. The molecule has 74 valence electrons. The smallest absolute Gasteiger partial charge is 0.0462 e. The minimum atomic E-state index is 0.307. The fraction of sp³-hybridized carbons (Fsp3) is 0.833. The minimum Gasteiger partial charge on any atom is -0.396 e. The van der Waals surface area contributed by atoms with Gasteiger partial charge in [-0.15, -0.1) is 0 Å². The van der Waals surface area contributed by atoms with Gasteiger partial charge in [-0.3, -0.25) is 0 Å². The number of allylic oxidation sites excluding steroid dienone is 2. The van der Waals surface area contributed by atoms with E-state index in [4.69, 9.17) is 0 Å². The lowest BCUT2D eigenvalue weighted by molar-refractivity contribution is 0.0364. The van der Waals surface area contributed by atoms with Crippen molar-refractivity contribution in [3.63, 3.8) is 0 Å². The van der Waals surface area contributed by atoms with Crippen LogP contribution >= 0.6 is 0 Å². The molecule has 4 atom stereocenters. The van der Waals surface area contributed by atoms with Crippen LogP contribution in [-0.4, -0.2) is 11.7 Å². The number of hydrogen-bond donors (Lipinski definition) is 1. The number of fused-ring (bicyclic) bond motifs is 2. The molecule has 0 aromatic heterocycles. The summed E-state index contributed by atoms with van der Waals surface area (Å²) in [5.74, 6) is 1.12. The fourth-order valence-corrected chi connectivity index (χ4v) is 3.45. The van der Waals surface area contributed by atoms with Gasteiger partial charge in [0.1, 0.15) is 0 Å². The standard InChI is InChI=1S/C12H20O/c1-9(8-13)12(3)10-4-6-11(12,2)7-5-10/h4,6,9-10,13H,5,7-8H2,1-3H3. The Bertz CT molecular complexity index is 246. The van der Waals surface area contributed by atoms with Crippen LogP contribution < -0.4 is 0 Å². The molecule has 2 aliphatic rings. The molecule has 0 aromatic rings. The molecule has 2 aliphatic carbocycles. The van der Waals surface area contributed by atoms with Gasteiger partial charge in [0.25, 0.3) is 0 Å². The van der Waals surface area contributed by atoms with Crippen molar-refractivity contribution in [1.29, 1.82) is 0 Å².